The zero-order valence-electron chi connectivity index (χ0n) is 17.0. The molecule has 0 amide bonds. The summed E-state index contributed by atoms with van der Waals surface area (Å²) in [4.78, 5) is 7.14. The number of rotatable bonds is 10. The van der Waals surface area contributed by atoms with E-state index in [-0.39, 0.29) is 35.8 Å². The van der Waals surface area contributed by atoms with E-state index >= 15 is 0 Å². The van der Waals surface area contributed by atoms with Crippen LogP contribution in [0.25, 0.3) is 0 Å². The minimum absolute atomic E-state index is 0. The number of halogens is 2. The zero-order valence-corrected chi connectivity index (χ0v) is 19.3. The normalized spacial score (nSPS) is 16.3. The van der Waals surface area contributed by atoms with E-state index in [0.29, 0.717) is 6.54 Å². The topological polar surface area (TPSA) is 58.1 Å². The summed E-state index contributed by atoms with van der Waals surface area (Å²) in [5, 5.41) is 6.64. The molecule has 1 saturated heterocycles. The number of nitrogens with one attached hydrogen (secondary N) is 2. The van der Waals surface area contributed by atoms with Gasteiger partial charge in [0.2, 0.25) is 0 Å². The molecule has 8 heteroatoms. The molecular formula is C20H34FIN4O2. The van der Waals surface area contributed by atoms with Gasteiger partial charge >= 0.3 is 0 Å². The van der Waals surface area contributed by atoms with Crippen LogP contribution in [0.1, 0.15) is 31.9 Å². The molecule has 1 aromatic carbocycles. The van der Waals surface area contributed by atoms with Gasteiger partial charge in [-0.1, -0.05) is 12.1 Å². The minimum atomic E-state index is -0.215. The van der Waals surface area contributed by atoms with E-state index in [1.54, 1.807) is 0 Å². The lowest BCUT2D eigenvalue weighted by Crippen LogP contribution is -2.42. The van der Waals surface area contributed by atoms with Gasteiger partial charge in [0.05, 0.1) is 25.8 Å². The first-order valence-corrected chi connectivity index (χ1v) is 9.91. The molecule has 0 aliphatic carbocycles. The molecule has 1 aromatic rings. The van der Waals surface area contributed by atoms with Crippen molar-refractivity contribution in [3.8, 4) is 0 Å². The summed E-state index contributed by atoms with van der Waals surface area (Å²) >= 11 is 0. The Bertz CT molecular complexity index is 554. The van der Waals surface area contributed by atoms with Gasteiger partial charge in [0, 0.05) is 39.4 Å². The van der Waals surface area contributed by atoms with Gasteiger partial charge in [-0.05, 0) is 38.0 Å². The number of hydrogen-bond acceptors (Lipinski definition) is 4. The standard InChI is InChI=1S/C20H33FN4O2.HI/c1-3-22-20(23-10-5-13-26-4-2)24-16-19(25-11-14-27-15-12-25)17-6-8-18(21)9-7-17;/h6-9,19H,3-5,10-16H2,1-2H3,(H2,22,23,24);1H. The largest absolute Gasteiger partial charge is 0.382 e. The van der Waals surface area contributed by atoms with Gasteiger partial charge in [-0.25, -0.2) is 4.39 Å². The van der Waals surface area contributed by atoms with Crippen molar-refractivity contribution in [2.45, 2.75) is 26.3 Å². The molecule has 0 spiro atoms. The second-order valence-corrected chi connectivity index (χ2v) is 6.41. The lowest BCUT2D eigenvalue weighted by atomic mass is 10.0. The molecule has 1 heterocycles. The lowest BCUT2D eigenvalue weighted by Gasteiger charge is -2.34. The van der Waals surface area contributed by atoms with Gasteiger partial charge in [-0.3, -0.25) is 9.89 Å². The lowest BCUT2D eigenvalue weighted by molar-refractivity contribution is 0.0179. The van der Waals surface area contributed by atoms with Gasteiger partial charge < -0.3 is 20.1 Å². The Labute approximate surface area is 185 Å². The van der Waals surface area contributed by atoms with Crippen molar-refractivity contribution < 1.29 is 13.9 Å². The average Bonchev–Trinajstić information content (AvgIpc) is 2.70. The minimum Gasteiger partial charge on any atom is -0.382 e. The van der Waals surface area contributed by atoms with Gasteiger partial charge in [0.25, 0.3) is 0 Å². The summed E-state index contributed by atoms with van der Waals surface area (Å²) < 4.78 is 24.2. The van der Waals surface area contributed by atoms with Crippen LogP contribution in [0.4, 0.5) is 4.39 Å². The highest BCUT2D eigenvalue weighted by Gasteiger charge is 2.22. The number of aliphatic imine (C=N–C) groups is 1. The first-order valence-electron chi connectivity index (χ1n) is 9.91. The SMILES string of the molecule is CCNC(=NCC(c1ccc(F)cc1)N1CCOCC1)NCCCOCC.I. The molecular weight excluding hydrogens is 474 g/mol. The summed E-state index contributed by atoms with van der Waals surface area (Å²) in [6.45, 7) is 10.9. The summed E-state index contributed by atoms with van der Waals surface area (Å²) in [5.74, 6) is 0.585. The summed E-state index contributed by atoms with van der Waals surface area (Å²) in [7, 11) is 0. The van der Waals surface area contributed by atoms with Crippen LogP contribution >= 0.6 is 24.0 Å². The van der Waals surface area contributed by atoms with Crippen LogP contribution in [0, 0.1) is 5.82 Å². The molecule has 1 aliphatic heterocycles. The number of guanidine groups is 1. The molecule has 6 nitrogen and oxygen atoms in total. The maximum absolute atomic E-state index is 13.3. The quantitative estimate of drug-likeness (QED) is 0.221. The third-order valence-corrected chi connectivity index (χ3v) is 4.47. The number of nitrogens with zero attached hydrogens (tertiary/aromatic N) is 2. The first-order chi connectivity index (χ1) is 13.2. The van der Waals surface area contributed by atoms with Crippen molar-refractivity contribution >= 4 is 29.9 Å². The summed E-state index contributed by atoms with van der Waals surface area (Å²) in [6.07, 6.45) is 0.934. The fraction of sp³-hybridized carbons (Fsp3) is 0.650. The molecule has 1 fully saturated rings. The molecule has 28 heavy (non-hydrogen) atoms. The van der Waals surface area contributed by atoms with Crippen molar-refractivity contribution in [1.82, 2.24) is 15.5 Å². The van der Waals surface area contributed by atoms with Crippen LogP contribution in [0.2, 0.25) is 0 Å². The highest BCUT2D eigenvalue weighted by Crippen LogP contribution is 2.22. The fourth-order valence-electron chi connectivity index (χ4n) is 3.05. The van der Waals surface area contributed by atoms with Crippen LogP contribution in [-0.2, 0) is 9.47 Å². The molecule has 0 saturated carbocycles. The Balaban J connectivity index is 0.00000392. The number of ether oxygens (including phenoxy) is 2. The van der Waals surface area contributed by atoms with E-state index < -0.39 is 0 Å². The van der Waals surface area contributed by atoms with Gasteiger partial charge in [-0.2, -0.15) is 0 Å². The maximum atomic E-state index is 13.3. The van der Waals surface area contributed by atoms with E-state index in [0.717, 1.165) is 70.6 Å². The van der Waals surface area contributed by atoms with Crippen LogP contribution in [0.3, 0.4) is 0 Å². The highest BCUT2D eigenvalue weighted by atomic mass is 127. The third-order valence-electron chi connectivity index (χ3n) is 4.47. The molecule has 2 rings (SSSR count). The fourth-order valence-corrected chi connectivity index (χ4v) is 3.05. The Kier molecular flexibility index (Phi) is 13.4. The smallest absolute Gasteiger partial charge is 0.191 e. The van der Waals surface area contributed by atoms with Crippen LogP contribution in [-0.4, -0.2) is 70.0 Å². The molecule has 1 aliphatic rings. The summed E-state index contributed by atoms with van der Waals surface area (Å²) in [5.41, 5.74) is 1.08. The van der Waals surface area contributed by atoms with E-state index in [1.165, 1.54) is 12.1 Å². The van der Waals surface area contributed by atoms with Gasteiger partial charge in [0.1, 0.15) is 5.82 Å². The number of benzene rings is 1. The van der Waals surface area contributed by atoms with Crippen molar-refractivity contribution in [3.63, 3.8) is 0 Å². The molecule has 0 aromatic heterocycles. The summed E-state index contributed by atoms with van der Waals surface area (Å²) in [6, 6.07) is 6.85. The Morgan fingerprint density at radius 3 is 2.57 bits per heavy atom. The molecule has 0 bridgehead atoms. The predicted octanol–water partition coefficient (Wildman–Crippen LogP) is 2.80. The first kappa shape index (κ1) is 25.1. The molecule has 1 atom stereocenters. The van der Waals surface area contributed by atoms with Crippen LogP contribution in [0.15, 0.2) is 29.3 Å². The van der Waals surface area contributed by atoms with Crippen molar-refractivity contribution in [3.05, 3.63) is 35.6 Å². The Morgan fingerprint density at radius 2 is 1.93 bits per heavy atom. The van der Waals surface area contributed by atoms with Gasteiger partial charge in [-0.15, -0.1) is 24.0 Å². The zero-order chi connectivity index (χ0) is 19.3. The number of morpholine rings is 1. The predicted molar refractivity (Wildman–Crippen MR) is 122 cm³/mol. The Morgan fingerprint density at radius 1 is 1.21 bits per heavy atom. The monoisotopic (exact) mass is 508 g/mol. The van der Waals surface area contributed by atoms with E-state index in [4.69, 9.17) is 14.5 Å². The van der Waals surface area contributed by atoms with E-state index in [2.05, 4.69) is 22.5 Å². The van der Waals surface area contributed by atoms with Gasteiger partial charge in [0.15, 0.2) is 5.96 Å². The maximum Gasteiger partial charge on any atom is 0.191 e. The van der Waals surface area contributed by atoms with Crippen LogP contribution < -0.4 is 10.6 Å². The van der Waals surface area contributed by atoms with Crippen LogP contribution in [0.5, 0.6) is 0 Å². The molecule has 1 unspecified atom stereocenters. The van der Waals surface area contributed by atoms with E-state index in [9.17, 15) is 4.39 Å². The van der Waals surface area contributed by atoms with Crippen molar-refractivity contribution in [2.24, 2.45) is 4.99 Å². The van der Waals surface area contributed by atoms with E-state index in [1.807, 2.05) is 19.1 Å². The highest BCUT2D eigenvalue weighted by molar-refractivity contribution is 14.0. The Hall–Kier alpha value is -0.970. The van der Waals surface area contributed by atoms with Crippen molar-refractivity contribution in [1.29, 1.82) is 0 Å². The molecule has 2 N–H and O–H groups in total. The average molecular weight is 508 g/mol. The second-order valence-electron chi connectivity index (χ2n) is 6.41. The van der Waals surface area contributed by atoms with Crippen molar-refractivity contribution in [2.75, 3.05) is 59.2 Å². The number of hydrogen-bond donors (Lipinski definition) is 2. The molecule has 160 valence electrons. The third kappa shape index (κ3) is 9.02. The molecule has 0 radical (unpaired) electrons. The second kappa shape index (κ2) is 14.9.